The Morgan fingerprint density at radius 1 is 1.50 bits per heavy atom. The summed E-state index contributed by atoms with van der Waals surface area (Å²) in [4.78, 5) is 4.46. The van der Waals surface area contributed by atoms with Crippen LogP contribution in [0, 0.1) is 5.41 Å². The number of nitrogens with one attached hydrogen (secondary N) is 1. The zero-order valence-electron chi connectivity index (χ0n) is 8.59. The molecule has 2 heteroatoms. The van der Waals surface area contributed by atoms with Gasteiger partial charge in [0.15, 0.2) is 0 Å². The Morgan fingerprint density at radius 3 is 2.67 bits per heavy atom. The third kappa shape index (κ3) is 2.23. The van der Waals surface area contributed by atoms with Crippen LogP contribution < -0.4 is 5.32 Å². The number of hydrogen-bond donors (Lipinski definition) is 1. The summed E-state index contributed by atoms with van der Waals surface area (Å²) >= 11 is 0. The van der Waals surface area contributed by atoms with Crippen molar-refractivity contribution < 1.29 is 0 Å². The van der Waals surface area contributed by atoms with E-state index in [4.69, 9.17) is 0 Å². The molecule has 0 bridgehead atoms. The van der Waals surface area contributed by atoms with Gasteiger partial charge < -0.3 is 5.32 Å². The summed E-state index contributed by atoms with van der Waals surface area (Å²) in [5.74, 6) is 0. The predicted octanol–water partition coefficient (Wildman–Crippen LogP) is 2.20. The van der Waals surface area contributed by atoms with E-state index in [1.807, 2.05) is 6.34 Å². The Balaban J connectivity index is 2.58. The molecule has 12 heavy (non-hydrogen) atoms. The molecular weight excluding hydrogens is 148 g/mol. The second-order valence-corrected chi connectivity index (χ2v) is 4.67. The van der Waals surface area contributed by atoms with Crippen molar-refractivity contribution >= 4 is 6.34 Å². The van der Waals surface area contributed by atoms with Crippen molar-refractivity contribution in [3.63, 3.8) is 0 Å². The molecule has 0 spiro atoms. The van der Waals surface area contributed by atoms with Gasteiger partial charge in [-0.2, -0.15) is 0 Å². The van der Waals surface area contributed by atoms with E-state index in [0.29, 0.717) is 17.5 Å². The largest absolute Gasteiger partial charge is 0.374 e. The van der Waals surface area contributed by atoms with Crippen LogP contribution in [0.3, 0.4) is 0 Å². The monoisotopic (exact) mass is 168 g/mol. The minimum atomic E-state index is 0.312. The molecule has 0 radical (unpaired) electrons. The van der Waals surface area contributed by atoms with Gasteiger partial charge in [-0.3, -0.25) is 4.99 Å². The summed E-state index contributed by atoms with van der Waals surface area (Å²) in [6, 6.07) is 1.12. The lowest BCUT2D eigenvalue weighted by atomic mass is 9.82. The first-order valence-corrected chi connectivity index (χ1v) is 4.81. The van der Waals surface area contributed by atoms with E-state index >= 15 is 0 Å². The molecule has 2 atom stereocenters. The van der Waals surface area contributed by atoms with Crippen molar-refractivity contribution in [3.8, 4) is 0 Å². The Hall–Kier alpha value is -0.530. The zero-order chi connectivity index (χ0) is 9.19. The van der Waals surface area contributed by atoms with Gasteiger partial charge in [-0.25, -0.2) is 0 Å². The van der Waals surface area contributed by atoms with Crippen LogP contribution in [-0.4, -0.2) is 18.4 Å². The fraction of sp³-hybridized carbons (Fsp3) is 0.900. The summed E-state index contributed by atoms with van der Waals surface area (Å²) in [6.45, 7) is 8.99. The van der Waals surface area contributed by atoms with Crippen LogP contribution in [0.15, 0.2) is 4.99 Å². The molecule has 70 valence electrons. The quantitative estimate of drug-likeness (QED) is 0.637. The Morgan fingerprint density at radius 2 is 2.17 bits per heavy atom. The van der Waals surface area contributed by atoms with Gasteiger partial charge in [-0.15, -0.1) is 0 Å². The summed E-state index contributed by atoms with van der Waals surface area (Å²) in [5.41, 5.74) is 0.312. The third-order valence-electron chi connectivity index (χ3n) is 2.56. The molecule has 1 rings (SSSR count). The van der Waals surface area contributed by atoms with E-state index in [1.165, 1.54) is 12.8 Å². The Kier molecular flexibility index (Phi) is 2.76. The maximum Gasteiger partial charge on any atom is 0.0829 e. The summed E-state index contributed by atoms with van der Waals surface area (Å²) in [5, 5.41) is 3.28. The highest BCUT2D eigenvalue weighted by molar-refractivity contribution is 5.56. The highest BCUT2D eigenvalue weighted by Gasteiger charge is 2.27. The zero-order valence-corrected chi connectivity index (χ0v) is 8.59. The topological polar surface area (TPSA) is 24.4 Å². The Bertz CT molecular complexity index is 167. The molecule has 1 N–H and O–H groups in total. The van der Waals surface area contributed by atoms with Gasteiger partial charge in [0, 0.05) is 6.04 Å². The molecule has 0 fully saturated rings. The molecular formula is C10H20N2. The maximum absolute atomic E-state index is 4.46. The summed E-state index contributed by atoms with van der Waals surface area (Å²) in [7, 11) is 0. The SMILES string of the molecule is CCC1CC(C(C)(C)C)N=CN1. The van der Waals surface area contributed by atoms with Gasteiger partial charge in [0.2, 0.25) is 0 Å². The second kappa shape index (κ2) is 3.46. The van der Waals surface area contributed by atoms with Crippen LogP contribution >= 0.6 is 0 Å². The molecule has 0 saturated heterocycles. The van der Waals surface area contributed by atoms with Gasteiger partial charge in [0.25, 0.3) is 0 Å². The molecule has 0 aromatic heterocycles. The fourth-order valence-corrected chi connectivity index (χ4v) is 1.50. The van der Waals surface area contributed by atoms with Crippen LogP contribution in [0.5, 0.6) is 0 Å². The van der Waals surface area contributed by atoms with E-state index < -0.39 is 0 Å². The summed E-state index contributed by atoms with van der Waals surface area (Å²) < 4.78 is 0. The van der Waals surface area contributed by atoms with Gasteiger partial charge in [0.05, 0.1) is 12.4 Å². The molecule has 0 amide bonds. The van der Waals surface area contributed by atoms with Gasteiger partial charge in [-0.1, -0.05) is 27.7 Å². The first-order chi connectivity index (χ1) is 5.54. The van der Waals surface area contributed by atoms with E-state index in [9.17, 15) is 0 Å². The average Bonchev–Trinajstić information content (AvgIpc) is 2.03. The second-order valence-electron chi connectivity index (χ2n) is 4.67. The van der Waals surface area contributed by atoms with E-state index in [2.05, 4.69) is 38.0 Å². The number of aliphatic imine (C=N–C) groups is 1. The van der Waals surface area contributed by atoms with Gasteiger partial charge >= 0.3 is 0 Å². The molecule has 1 heterocycles. The maximum atomic E-state index is 4.46. The summed E-state index contributed by atoms with van der Waals surface area (Å²) in [6.07, 6.45) is 4.25. The molecule has 0 aliphatic carbocycles. The fourth-order valence-electron chi connectivity index (χ4n) is 1.50. The van der Waals surface area contributed by atoms with E-state index in [-0.39, 0.29) is 0 Å². The Labute approximate surface area is 75.5 Å². The standard InChI is InChI=1S/C10H20N2/c1-5-8-6-9(10(2,3)4)12-7-11-8/h7-9H,5-6H2,1-4H3,(H,11,12). The minimum Gasteiger partial charge on any atom is -0.374 e. The molecule has 2 unspecified atom stereocenters. The van der Waals surface area contributed by atoms with Crippen molar-refractivity contribution in [2.24, 2.45) is 10.4 Å². The van der Waals surface area contributed by atoms with Crippen LogP contribution in [0.2, 0.25) is 0 Å². The molecule has 2 nitrogen and oxygen atoms in total. The number of rotatable bonds is 1. The lowest BCUT2D eigenvalue weighted by molar-refractivity contribution is 0.276. The molecule has 1 aliphatic heterocycles. The van der Waals surface area contributed by atoms with Crippen LogP contribution in [0.4, 0.5) is 0 Å². The van der Waals surface area contributed by atoms with Gasteiger partial charge in [0.1, 0.15) is 0 Å². The van der Waals surface area contributed by atoms with Crippen molar-refractivity contribution in [1.29, 1.82) is 0 Å². The van der Waals surface area contributed by atoms with Crippen LogP contribution in [-0.2, 0) is 0 Å². The lowest BCUT2D eigenvalue weighted by Gasteiger charge is -2.33. The third-order valence-corrected chi connectivity index (χ3v) is 2.56. The van der Waals surface area contributed by atoms with Crippen molar-refractivity contribution in [1.82, 2.24) is 5.32 Å². The molecule has 1 aliphatic rings. The molecule has 0 aromatic carbocycles. The number of nitrogens with zero attached hydrogens (tertiary/aromatic N) is 1. The van der Waals surface area contributed by atoms with Crippen LogP contribution in [0.1, 0.15) is 40.5 Å². The predicted molar refractivity (Wildman–Crippen MR) is 53.6 cm³/mol. The van der Waals surface area contributed by atoms with E-state index in [0.717, 1.165) is 0 Å². The first kappa shape index (κ1) is 9.56. The highest BCUT2D eigenvalue weighted by atomic mass is 15.0. The minimum absolute atomic E-state index is 0.312. The lowest BCUT2D eigenvalue weighted by Crippen LogP contribution is -2.40. The number of hydrogen-bond acceptors (Lipinski definition) is 2. The smallest absolute Gasteiger partial charge is 0.0829 e. The molecule has 0 saturated carbocycles. The van der Waals surface area contributed by atoms with Gasteiger partial charge in [-0.05, 0) is 18.3 Å². The van der Waals surface area contributed by atoms with Crippen molar-refractivity contribution in [3.05, 3.63) is 0 Å². The highest BCUT2D eigenvalue weighted by Crippen LogP contribution is 2.27. The van der Waals surface area contributed by atoms with E-state index in [1.54, 1.807) is 0 Å². The van der Waals surface area contributed by atoms with Crippen molar-refractivity contribution in [2.75, 3.05) is 0 Å². The molecule has 0 aromatic rings. The van der Waals surface area contributed by atoms with Crippen molar-refractivity contribution in [2.45, 2.75) is 52.6 Å². The normalized spacial score (nSPS) is 30.0. The average molecular weight is 168 g/mol. The first-order valence-electron chi connectivity index (χ1n) is 4.81. The van der Waals surface area contributed by atoms with Crippen LogP contribution in [0.25, 0.3) is 0 Å².